The fourth-order valence-electron chi connectivity index (χ4n) is 3.76. The minimum absolute atomic E-state index is 0.635. The third-order valence-corrected chi connectivity index (χ3v) is 5.22. The first-order chi connectivity index (χ1) is 8.74. The van der Waals surface area contributed by atoms with Gasteiger partial charge in [-0.2, -0.15) is 0 Å². The average molecular weight is 252 g/mol. The van der Waals surface area contributed by atoms with Gasteiger partial charge in [0.15, 0.2) is 0 Å². The third-order valence-electron chi connectivity index (χ3n) is 5.22. The van der Waals surface area contributed by atoms with Gasteiger partial charge in [-0.15, -0.1) is 0 Å². The van der Waals surface area contributed by atoms with Gasteiger partial charge < -0.3 is 10.2 Å². The predicted molar refractivity (Wildman–Crippen MR) is 78.9 cm³/mol. The molecule has 106 valence electrons. The van der Waals surface area contributed by atoms with Crippen LogP contribution in [0, 0.1) is 5.41 Å². The molecular formula is C16H32N2. The zero-order chi connectivity index (χ0) is 12.8. The smallest absolute Gasteiger partial charge is 0.0166 e. The molecule has 1 aliphatic heterocycles. The molecule has 0 spiro atoms. The highest BCUT2D eigenvalue weighted by molar-refractivity contribution is 4.86. The van der Waals surface area contributed by atoms with E-state index in [2.05, 4.69) is 24.1 Å². The van der Waals surface area contributed by atoms with Crippen LogP contribution in [0.4, 0.5) is 0 Å². The largest absolute Gasteiger partial charge is 0.312 e. The van der Waals surface area contributed by atoms with Crippen LogP contribution >= 0.6 is 0 Å². The minimum atomic E-state index is 0.635. The second-order valence-corrected chi connectivity index (χ2v) is 6.70. The normalized spacial score (nSPS) is 26.3. The fourth-order valence-corrected chi connectivity index (χ4v) is 3.76. The average Bonchev–Trinajstić information content (AvgIpc) is 2.87. The lowest BCUT2D eigenvalue weighted by Gasteiger charge is -2.33. The second-order valence-electron chi connectivity index (χ2n) is 6.70. The highest BCUT2D eigenvalue weighted by atomic mass is 15.1. The van der Waals surface area contributed by atoms with Crippen molar-refractivity contribution < 1.29 is 0 Å². The molecule has 0 aromatic heterocycles. The van der Waals surface area contributed by atoms with E-state index in [0.29, 0.717) is 11.5 Å². The number of nitrogens with zero attached hydrogens (tertiary/aromatic N) is 1. The molecule has 1 atom stereocenters. The van der Waals surface area contributed by atoms with E-state index in [1.54, 1.807) is 0 Å². The Morgan fingerprint density at radius 2 is 1.72 bits per heavy atom. The Balaban J connectivity index is 1.68. The topological polar surface area (TPSA) is 15.3 Å². The van der Waals surface area contributed by atoms with Crippen molar-refractivity contribution in [3.63, 3.8) is 0 Å². The van der Waals surface area contributed by atoms with Crippen LogP contribution in [-0.4, -0.2) is 37.1 Å². The van der Waals surface area contributed by atoms with Gasteiger partial charge in [-0.1, -0.05) is 26.2 Å². The predicted octanol–water partition coefficient (Wildman–Crippen LogP) is 3.42. The lowest BCUT2D eigenvalue weighted by Crippen LogP contribution is -2.44. The summed E-state index contributed by atoms with van der Waals surface area (Å²) < 4.78 is 0. The summed E-state index contributed by atoms with van der Waals surface area (Å²) in [5.74, 6) is 0. The molecule has 1 heterocycles. The van der Waals surface area contributed by atoms with Gasteiger partial charge in [-0.05, 0) is 57.5 Å². The summed E-state index contributed by atoms with van der Waals surface area (Å²) in [5.41, 5.74) is 0.635. The molecule has 1 unspecified atom stereocenters. The van der Waals surface area contributed by atoms with E-state index in [0.717, 1.165) is 0 Å². The summed E-state index contributed by atoms with van der Waals surface area (Å²) in [6.07, 6.45) is 11.4. The summed E-state index contributed by atoms with van der Waals surface area (Å²) in [7, 11) is 0. The van der Waals surface area contributed by atoms with E-state index in [-0.39, 0.29) is 0 Å². The molecule has 18 heavy (non-hydrogen) atoms. The fraction of sp³-hybridized carbons (Fsp3) is 1.00. The van der Waals surface area contributed by atoms with Crippen molar-refractivity contribution in [1.82, 2.24) is 10.2 Å². The molecule has 0 amide bonds. The molecule has 2 fully saturated rings. The summed E-state index contributed by atoms with van der Waals surface area (Å²) in [5, 5.41) is 3.82. The van der Waals surface area contributed by atoms with E-state index in [1.165, 1.54) is 77.5 Å². The van der Waals surface area contributed by atoms with Crippen molar-refractivity contribution in [3.05, 3.63) is 0 Å². The van der Waals surface area contributed by atoms with Crippen molar-refractivity contribution in [1.29, 1.82) is 0 Å². The molecule has 1 saturated heterocycles. The zero-order valence-electron chi connectivity index (χ0n) is 12.5. The van der Waals surface area contributed by atoms with E-state index >= 15 is 0 Å². The summed E-state index contributed by atoms with van der Waals surface area (Å²) in [6, 6.07) is 0.659. The first-order valence-corrected chi connectivity index (χ1v) is 8.20. The molecule has 0 aromatic rings. The van der Waals surface area contributed by atoms with Gasteiger partial charge in [0.2, 0.25) is 0 Å². The van der Waals surface area contributed by atoms with Gasteiger partial charge in [0.05, 0.1) is 0 Å². The molecule has 0 bridgehead atoms. The van der Waals surface area contributed by atoms with Crippen molar-refractivity contribution in [2.75, 3.05) is 26.2 Å². The van der Waals surface area contributed by atoms with Crippen molar-refractivity contribution in [2.45, 2.75) is 71.3 Å². The number of piperidine rings is 1. The number of nitrogens with one attached hydrogen (secondary N) is 1. The molecular weight excluding hydrogens is 220 g/mol. The van der Waals surface area contributed by atoms with Crippen molar-refractivity contribution in [2.24, 2.45) is 5.41 Å². The Kier molecular flexibility index (Phi) is 5.50. The van der Waals surface area contributed by atoms with Crippen LogP contribution in [0.25, 0.3) is 0 Å². The number of hydrogen-bond donors (Lipinski definition) is 1. The van der Waals surface area contributed by atoms with Gasteiger partial charge in [0.25, 0.3) is 0 Å². The molecule has 1 saturated carbocycles. The summed E-state index contributed by atoms with van der Waals surface area (Å²) >= 11 is 0. The maximum atomic E-state index is 3.82. The SMILES string of the molecule is CCC1(CNC(C)CN2CCCCC2)CCCC1. The highest BCUT2D eigenvalue weighted by Gasteiger charge is 2.31. The van der Waals surface area contributed by atoms with E-state index in [1.807, 2.05) is 0 Å². The van der Waals surface area contributed by atoms with Gasteiger partial charge in [-0.25, -0.2) is 0 Å². The first-order valence-electron chi connectivity index (χ1n) is 8.20. The Morgan fingerprint density at radius 1 is 1.06 bits per heavy atom. The van der Waals surface area contributed by atoms with Gasteiger partial charge in [0, 0.05) is 19.1 Å². The number of likely N-dealkylation sites (tertiary alicyclic amines) is 1. The molecule has 1 aliphatic carbocycles. The van der Waals surface area contributed by atoms with Crippen LogP contribution in [0.2, 0.25) is 0 Å². The Hall–Kier alpha value is -0.0800. The molecule has 0 radical (unpaired) electrons. The lowest BCUT2D eigenvalue weighted by molar-refractivity contribution is 0.193. The summed E-state index contributed by atoms with van der Waals surface area (Å²) in [4.78, 5) is 2.65. The molecule has 0 aromatic carbocycles. The monoisotopic (exact) mass is 252 g/mol. The van der Waals surface area contributed by atoms with Crippen LogP contribution in [-0.2, 0) is 0 Å². The maximum absolute atomic E-state index is 3.82. The Bertz CT molecular complexity index is 227. The molecule has 1 N–H and O–H groups in total. The van der Waals surface area contributed by atoms with Crippen LogP contribution < -0.4 is 5.32 Å². The van der Waals surface area contributed by atoms with Crippen LogP contribution in [0.5, 0.6) is 0 Å². The number of rotatable bonds is 6. The Labute approximate surface area is 114 Å². The van der Waals surface area contributed by atoms with Crippen LogP contribution in [0.15, 0.2) is 0 Å². The second kappa shape index (κ2) is 6.91. The van der Waals surface area contributed by atoms with Crippen LogP contribution in [0.1, 0.15) is 65.2 Å². The summed E-state index contributed by atoms with van der Waals surface area (Å²) in [6.45, 7) is 9.89. The standard InChI is InChI=1S/C16H32N2/c1-3-16(9-5-6-10-16)14-17-15(2)13-18-11-7-4-8-12-18/h15,17H,3-14H2,1-2H3. The maximum Gasteiger partial charge on any atom is 0.0166 e. The first kappa shape index (κ1) is 14.3. The molecule has 2 heteroatoms. The zero-order valence-corrected chi connectivity index (χ0v) is 12.5. The molecule has 2 rings (SSSR count). The quantitative estimate of drug-likeness (QED) is 0.779. The van der Waals surface area contributed by atoms with Crippen LogP contribution in [0.3, 0.4) is 0 Å². The number of hydrogen-bond acceptors (Lipinski definition) is 2. The molecule has 2 aliphatic rings. The lowest BCUT2D eigenvalue weighted by atomic mass is 9.83. The van der Waals surface area contributed by atoms with Gasteiger partial charge in [-0.3, -0.25) is 0 Å². The Morgan fingerprint density at radius 3 is 2.33 bits per heavy atom. The van der Waals surface area contributed by atoms with Crippen molar-refractivity contribution in [3.8, 4) is 0 Å². The van der Waals surface area contributed by atoms with E-state index in [9.17, 15) is 0 Å². The minimum Gasteiger partial charge on any atom is -0.312 e. The third kappa shape index (κ3) is 3.96. The van der Waals surface area contributed by atoms with Gasteiger partial charge in [0.1, 0.15) is 0 Å². The molecule has 2 nitrogen and oxygen atoms in total. The van der Waals surface area contributed by atoms with E-state index in [4.69, 9.17) is 0 Å². The van der Waals surface area contributed by atoms with E-state index < -0.39 is 0 Å². The van der Waals surface area contributed by atoms with Gasteiger partial charge >= 0.3 is 0 Å². The highest BCUT2D eigenvalue weighted by Crippen LogP contribution is 2.40. The van der Waals surface area contributed by atoms with Crippen molar-refractivity contribution >= 4 is 0 Å².